The van der Waals surface area contributed by atoms with Gasteiger partial charge < -0.3 is 20.1 Å². The highest BCUT2D eigenvalue weighted by atomic mass is 79.9. The molecule has 0 saturated heterocycles. The van der Waals surface area contributed by atoms with E-state index in [1.807, 2.05) is 18.2 Å². The Bertz CT molecular complexity index is 742. The van der Waals surface area contributed by atoms with Gasteiger partial charge in [-0.1, -0.05) is 22.0 Å². The standard InChI is InChI=1S/C16H14BrFN2O2S/c17-12-2-3-13(18)11(6-12)8-20-16(23)19-7-10-1-4-14-15(5-10)22-9-21-14/h1-6H,7-9H2,(H2,19,20,23). The van der Waals surface area contributed by atoms with Gasteiger partial charge in [-0.15, -0.1) is 0 Å². The molecule has 1 aliphatic heterocycles. The zero-order valence-electron chi connectivity index (χ0n) is 12.1. The van der Waals surface area contributed by atoms with Crippen LogP contribution in [0.1, 0.15) is 11.1 Å². The Morgan fingerprint density at radius 2 is 1.87 bits per heavy atom. The fourth-order valence-corrected chi connectivity index (χ4v) is 2.70. The third-order valence-corrected chi connectivity index (χ3v) is 4.12. The molecule has 0 atom stereocenters. The summed E-state index contributed by atoms with van der Waals surface area (Å²) >= 11 is 8.54. The molecule has 3 rings (SSSR count). The van der Waals surface area contributed by atoms with Crippen molar-refractivity contribution in [2.45, 2.75) is 13.1 Å². The van der Waals surface area contributed by atoms with Gasteiger partial charge in [0.25, 0.3) is 0 Å². The number of rotatable bonds is 4. The maximum absolute atomic E-state index is 13.6. The van der Waals surface area contributed by atoms with Crippen molar-refractivity contribution in [3.63, 3.8) is 0 Å². The van der Waals surface area contributed by atoms with E-state index in [1.165, 1.54) is 6.07 Å². The molecule has 120 valence electrons. The second-order valence-corrected chi connectivity index (χ2v) is 6.28. The maximum atomic E-state index is 13.6. The quantitative estimate of drug-likeness (QED) is 0.774. The van der Waals surface area contributed by atoms with E-state index in [0.717, 1.165) is 21.5 Å². The summed E-state index contributed by atoms with van der Waals surface area (Å²) in [5.74, 6) is 1.22. The third kappa shape index (κ3) is 4.11. The van der Waals surface area contributed by atoms with Crippen LogP contribution in [0.5, 0.6) is 11.5 Å². The number of benzene rings is 2. The van der Waals surface area contributed by atoms with E-state index in [1.54, 1.807) is 12.1 Å². The Hall–Kier alpha value is -1.86. The van der Waals surface area contributed by atoms with E-state index in [-0.39, 0.29) is 12.6 Å². The lowest BCUT2D eigenvalue weighted by molar-refractivity contribution is 0.174. The summed E-state index contributed by atoms with van der Waals surface area (Å²) in [7, 11) is 0. The SMILES string of the molecule is Fc1ccc(Br)cc1CNC(=S)NCc1ccc2c(c1)OCO2. The maximum Gasteiger partial charge on any atom is 0.231 e. The van der Waals surface area contributed by atoms with Crippen LogP contribution in [0.4, 0.5) is 4.39 Å². The molecule has 0 fully saturated rings. The molecule has 0 spiro atoms. The Morgan fingerprint density at radius 1 is 1.09 bits per heavy atom. The largest absolute Gasteiger partial charge is 0.454 e. The van der Waals surface area contributed by atoms with Crippen molar-refractivity contribution in [1.29, 1.82) is 0 Å². The summed E-state index contributed by atoms with van der Waals surface area (Å²) in [6, 6.07) is 10.5. The van der Waals surface area contributed by atoms with Gasteiger partial charge in [0, 0.05) is 23.1 Å². The highest BCUT2D eigenvalue weighted by molar-refractivity contribution is 9.10. The average molecular weight is 397 g/mol. The highest BCUT2D eigenvalue weighted by Gasteiger charge is 2.13. The van der Waals surface area contributed by atoms with Crippen LogP contribution in [-0.4, -0.2) is 11.9 Å². The molecule has 0 radical (unpaired) electrons. The van der Waals surface area contributed by atoms with Crippen LogP contribution >= 0.6 is 28.1 Å². The molecule has 2 aromatic rings. The molecular weight excluding hydrogens is 383 g/mol. The van der Waals surface area contributed by atoms with Crippen molar-refractivity contribution in [2.24, 2.45) is 0 Å². The summed E-state index contributed by atoms with van der Waals surface area (Å²) in [5, 5.41) is 6.54. The van der Waals surface area contributed by atoms with Gasteiger partial charge in [0.2, 0.25) is 6.79 Å². The molecule has 0 aliphatic carbocycles. The number of nitrogens with one attached hydrogen (secondary N) is 2. The first-order valence-corrected chi connectivity index (χ1v) is 8.16. The van der Waals surface area contributed by atoms with E-state index < -0.39 is 0 Å². The van der Waals surface area contributed by atoms with Crippen molar-refractivity contribution in [3.8, 4) is 11.5 Å². The topological polar surface area (TPSA) is 42.5 Å². The summed E-state index contributed by atoms with van der Waals surface area (Å²) in [4.78, 5) is 0. The summed E-state index contributed by atoms with van der Waals surface area (Å²) < 4.78 is 25.1. The molecule has 1 aliphatic rings. The zero-order chi connectivity index (χ0) is 16.2. The number of ether oxygens (including phenoxy) is 2. The Balaban J connectivity index is 1.51. The number of hydrogen-bond donors (Lipinski definition) is 2. The van der Waals surface area contributed by atoms with Crippen LogP contribution in [0.3, 0.4) is 0 Å². The van der Waals surface area contributed by atoms with Gasteiger partial charge in [0.05, 0.1) is 0 Å². The van der Waals surface area contributed by atoms with Crippen LogP contribution in [0, 0.1) is 5.82 Å². The Labute approximate surface area is 147 Å². The average Bonchev–Trinajstić information content (AvgIpc) is 3.01. The van der Waals surface area contributed by atoms with E-state index >= 15 is 0 Å². The van der Waals surface area contributed by atoms with Gasteiger partial charge in [-0.25, -0.2) is 4.39 Å². The van der Waals surface area contributed by atoms with E-state index in [9.17, 15) is 4.39 Å². The number of fused-ring (bicyclic) bond motifs is 1. The van der Waals surface area contributed by atoms with E-state index in [4.69, 9.17) is 21.7 Å². The molecule has 0 saturated carbocycles. The Kier molecular flexibility index (Phi) is 4.97. The fraction of sp³-hybridized carbons (Fsp3) is 0.188. The first-order chi connectivity index (χ1) is 11.1. The predicted octanol–water partition coefficient (Wildman–Crippen LogP) is 3.48. The molecule has 0 amide bonds. The summed E-state index contributed by atoms with van der Waals surface area (Å²) in [6.45, 7) is 1.12. The molecule has 2 N–H and O–H groups in total. The van der Waals surface area contributed by atoms with Gasteiger partial charge in [-0.05, 0) is 48.1 Å². The first kappa shape index (κ1) is 16.0. The molecular formula is C16H14BrFN2O2S. The second kappa shape index (κ2) is 7.14. The van der Waals surface area contributed by atoms with Crippen LogP contribution < -0.4 is 20.1 Å². The molecule has 4 nitrogen and oxygen atoms in total. The number of halogens is 2. The van der Waals surface area contributed by atoms with Gasteiger partial charge in [0.1, 0.15) is 5.82 Å². The van der Waals surface area contributed by atoms with Crippen molar-refractivity contribution < 1.29 is 13.9 Å². The Morgan fingerprint density at radius 3 is 2.74 bits per heavy atom. The van der Waals surface area contributed by atoms with Crippen molar-refractivity contribution in [1.82, 2.24) is 10.6 Å². The number of hydrogen-bond acceptors (Lipinski definition) is 3. The predicted molar refractivity (Wildman–Crippen MR) is 92.9 cm³/mol. The minimum absolute atomic E-state index is 0.254. The van der Waals surface area contributed by atoms with Crippen LogP contribution in [0.15, 0.2) is 40.9 Å². The van der Waals surface area contributed by atoms with E-state index in [0.29, 0.717) is 23.8 Å². The zero-order valence-corrected chi connectivity index (χ0v) is 14.5. The van der Waals surface area contributed by atoms with E-state index in [2.05, 4.69) is 26.6 Å². The molecule has 0 aromatic heterocycles. The molecule has 0 bridgehead atoms. The van der Waals surface area contributed by atoms with Crippen LogP contribution in [0.2, 0.25) is 0 Å². The van der Waals surface area contributed by atoms with Gasteiger partial charge in [-0.2, -0.15) is 0 Å². The van der Waals surface area contributed by atoms with Gasteiger partial charge in [0.15, 0.2) is 16.6 Å². The van der Waals surface area contributed by atoms with Crippen molar-refractivity contribution in [2.75, 3.05) is 6.79 Å². The lowest BCUT2D eigenvalue weighted by Crippen LogP contribution is -2.34. The molecule has 0 unspecified atom stereocenters. The summed E-state index contributed by atoms with van der Waals surface area (Å²) in [6.07, 6.45) is 0. The molecule has 2 aromatic carbocycles. The van der Waals surface area contributed by atoms with Gasteiger partial charge >= 0.3 is 0 Å². The third-order valence-electron chi connectivity index (χ3n) is 3.34. The smallest absolute Gasteiger partial charge is 0.231 e. The molecule has 23 heavy (non-hydrogen) atoms. The second-order valence-electron chi connectivity index (χ2n) is 4.96. The lowest BCUT2D eigenvalue weighted by Gasteiger charge is -2.11. The summed E-state index contributed by atoms with van der Waals surface area (Å²) in [5.41, 5.74) is 1.57. The molecule has 1 heterocycles. The normalized spacial score (nSPS) is 12.1. The van der Waals surface area contributed by atoms with Gasteiger partial charge in [-0.3, -0.25) is 0 Å². The first-order valence-electron chi connectivity index (χ1n) is 6.96. The minimum Gasteiger partial charge on any atom is -0.454 e. The lowest BCUT2D eigenvalue weighted by atomic mass is 10.2. The molecule has 7 heteroatoms. The monoisotopic (exact) mass is 396 g/mol. The van der Waals surface area contributed by atoms with Crippen molar-refractivity contribution in [3.05, 3.63) is 57.8 Å². The number of thiocarbonyl (C=S) groups is 1. The minimum atomic E-state index is -0.265. The fourth-order valence-electron chi connectivity index (χ4n) is 2.15. The van der Waals surface area contributed by atoms with Crippen LogP contribution in [0.25, 0.3) is 0 Å². The van der Waals surface area contributed by atoms with Crippen molar-refractivity contribution >= 4 is 33.3 Å². The van der Waals surface area contributed by atoms with Crippen LogP contribution in [-0.2, 0) is 13.1 Å². The highest BCUT2D eigenvalue weighted by Crippen LogP contribution is 2.32.